The molecule has 2 rings (SSSR count). The minimum absolute atomic E-state index is 0.221. The van der Waals surface area contributed by atoms with Gasteiger partial charge in [0.2, 0.25) is 0 Å². The molecule has 1 aromatic carbocycles. The highest BCUT2D eigenvalue weighted by Crippen LogP contribution is 2.28. The maximum absolute atomic E-state index is 6.19. The van der Waals surface area contributed by atoms with Gasteiger partial charge < -0.3 is 11.1 Å². The van der Waals surface area contributed by atoms with Gasteiger partial charge in [0, 0.05) is 23.7 Å². The molecule has 3 atom stereocenters. The molecule has 3 heteroatoms. The summed E-state index contributed by atoms with van der Waals surface area (Å²) in [7, 11) is 0. The lowest BCUT2D eigenvalue weighted by atomic mass is 10.0. The maximum atomic E-state index is 6.19. The molecule has 0 aromatic heterocycles. The van der Waals surface area contributed by atoms with Crippen molar-refractivity contribution in [2.24, 2.45) is 11.7 Å². The molecule has 1 aliphatic carbocycles. The van der Waals surface area contributed by atoms with Gasteiger partial charge >= 0.3 is 0 Å². The van der Waals surface area contributed by atoms with E-state index in [0.717, 1.165) is 16.5 Å². The van der Waals surface area contributed by atoms with Crippen LogP contribution in [0.4, 0.5) is 0 Å². The van der Waals surface area contributed by atoms with Crippen LogP contribution in [0.25, 0.3) is 0 Å². The van der Waals surface area contributed by atoms with Crippen LogP contribution in [0, 0.1) is 12.8 Å². The van der Waals surface area contributed by atoms with Crippen LogP contribution >= 0.6 is 11.6 Å². The van der Waals surface area contributed by atoms with Crippen molar-refractivity contribution in [1.29, 1.82) is 0 Å². The highest BCUT2D eigenvalue weighted by molar-refractivity contribution is 6.31. The Hall–Kier alpha value is -0.570. The van der Waals surface area contributed by atoms with E-state index >= 15 is 0 Å². The number of nitrogens with two attached hydrogens (primary N) is 1. The van der Waals surface area contributed by atoms with Crippen molar-refractivity contribution in [1.82, 2.24) is 5.32 Å². The average molecular weight is 267 g/mol. The third-order valence-corrected chi connectivity index (χ3v) is 4.37. The number of nitrogens with one attached hydrogen (secondary N) is 1. The molecule has 1 aromatic rings. The van der Waals surface area contributed by atoms with Crippen LogP contribution in [0.5, 0.6) is 0 Å². The summed E-state index contributed by atoms with van der Waals surface area (Å²) in [6.07, 6.45) is 3.84. The Labute approximate surface area is 115 Å². The number of hydrogen-bond donors (Lipinski definition) is 2. The van der Waals surface area contributed by atoms with Crippen LogP contribution in [0.2, 0.25) is 5.02 Å². The van der Waals surface area contributed by atoms with Crippen LogP contribution in [0.15, 0.2) is 18.2 Å². The molecular formula is C15H23ClN2. The summed E-state index contributed by atoms with van der Waals surface area (Å²) in [5.74, 6) is 0.836. The summed E-state index contributed by atoms with van der Waals surface area (Å²) in [5.41, 5.74) is 8.22. The normalized spacial score (nSPS) is 25.3. The molecule has 0 spiro atoms. The highest BCUT2D eigenvalue weighted by atomic mass is 35.5. The van der Waals surface area contributed by atoms with Crippen molar-refractivity contribution in [3.63, 3.8) is 0 Å². The van der Waals surface area contributed by atoms with Gasteiger partial charge in [-0.15, -0.1) is 0 Å². The summed E-state index contributed by atoms with van der Waals surface area (Å²) in [6, 6.07) is 7.07. The van der Waals surface area contributed by atoms with E-state index in [1.54, 1.807) is 0 Å². The fraction of sp³-hybridized carbons (Fsp3) is 0.600. The quantitative estimate of drug-likeness (QED) is 0.876. The molecule has 1 saturated carbocycles. The van der Waals surface area contributed by atoms with Crippen LogP contribution < -0.4 is 11.1 Å². The predicted octanol–water partition coefficient (Wildman–Crippen LogP) is 3.43. The van der Waals surface area contributed by atoms with Gasteiger partial charge in [-0.3, -0.25) is 0 Å². The van der Waals surface area contributed by atoms with Crippen molar-refractivity contribution in [2.75, 3.05) is 6.54 Å². The zero-order chi connectivity index (χ0) is 13.1. The predicted molar refractivity (Wildman–Crippen MR) is 77.9 cm³/mol. The lowest BCUT2D eigenvalue weighted by Crippen LogP contribution is -2.35. The van der Waals surface area contributed by atoms with Gasteiger partial charge in [-0.05, 0) is 49.3 Å². The number of aryl methyl sites for hydroxylation is 1. The molecule has 3 N–H and O–H groups in total. The molecule has 0 heterocycles. The van der Waals surface area contributed by atoms with Crippen molar-refractivity contribution in [3.05, 3.63) is 34.3 Å². The van der Waals surface area contributed by atoms with Crippen LogP contribution in [-0.2, 0) is 0 Å². The number of halogens is 1. The van der Waals surface area contributed by atoms with Gasteiger partial charge in [-0.2, -0.15) is 0 Å². The van der Waals surface area contributed by atoms with Crippen molar-refractivity contribution >= 4 is 11.6 Å². The zero-order valence-corrected chi connectivity index (χ0v) is 12.0. The largest absolute Gasteiger partial charge is 0.329 e. The number of hydrogen-bond acceptors (Lipinski definition) is 2. The van der Waals surface area contributed by atoms with Gasteiger partial charge in [0.15, 0.2) is 0 Å². The van der Waals surface area contributed by atoms with Crippen LogP contribution in [0.3, 0.4) is 0 Å². The van der Waals surface area contributed by atoms with Crippen molar-refractivity contribution in [3.8, 4) is 0 Å². The van der Waals surface area contributed by atoms with E-state index in [1.807, 2.05) is 13.0 Å². The fourth-order valence-electron chi connectivity index (χ4n) is 2.77. The molecule has 1 aliphatic rings. The standard InChI is InChI=1S/C15H23ClN2/c1-10-3-6-13(7-10)18-15(9-17)12-5-4-11(2)14(16)8-12/h4-5,8,10,13,15,18H,3,6-7,9,17H2,1-2H3. The second-order valence-corrected chi connectivity index (χ2v) is 5.99. The molecule has 18 heavy (non-hydrogen) atoms. The summed E-state index contributed by atoms with van der Waals surface area (Å²) in [5, 5.41) is 4.50. The SMILES string of the molecule is Cc1ccc(C(CN)NC2CCC(C)C2)cc1Cl. The maximum Gasteiger partial charge on any atom is 0.0447 e. The minimum atomic E-state index is 0.221. The first-order chi connectivity index (χ1) is 8.60. The van der Waals surface area contributed by atoms with Crippen LogP contribution in [0.1, 0.15) is 43.4 Å². The average Bonchev–Trinajstić information content (AvgIpc) is 2.75. The van der Waals surface area contributed by atoms with Crippen molar-refractivity contribution < 1.29 is 0 Å². The van der Waals surface area contributed by atoms with E-state index in [-0.39, 0.29) is 6.04 Å². The summed E-state index contributed by atoms with van der Waals surface area (Å²) < 4.78 is 0. The Morgan fingerprint density at radius 3 is 2.78 bits per heavy atom. The number of benzene rings is 1. The topological polar surface area (TPSA) is 38.0 Å². The summed E-state index contributed by atoms with van der Waals surface area (Å²) in [4.78, 5) is 0. The minimum Gasteiger partial charge on any atom is -0.329 e. The lowest BCUT2D eigenvalue weighted by Gasteiger charge is -2.22. The first-order valence-electron chi connectivity index (χ1n) is 6.82. The van der Waals surface area contributed by atoms with Gasteiger partial charge in [0.25, 0.3) is 0 Å². The van der Waals surface area contributed by atoms with E-state index in [1.165, 1.54) is 24.8 Å². The first kappa shape index (κ1) is 13.9. The fourth-order valence-corrected chi connectivity index (χ4v) is 2.96. The second kappa shape index (κ2) is 6.05. The second-order valence-electron chi connectivity index (χ2n) is 5.58. The van der Waals surface area contributed by atoms with E-state index in [4.69, 9.17) is 17.3 Å². The van der Waals surface area contributed by atoms with Crippen LogP contribution in [-0.4, -0.2) is 12.6 Å². The molecule has 0 amide bonds. The molecule has 3 unspecified atom stereocenters. The Bertz CT molecular complexity index is 405. The molecular weight excluding hydrogens is 244 g/mol. The summed E-state index contributed by atoms with van der Waals surface area (Å²) in [6.45, 7) is 4.96. The van der Waals surface area contributed by atoms with E-state index in [0.29, 0.717) is 12.6 Å². The molecule has 0 saturated heterocycles. The Kier molecular flexibility index (Phi) is 4.66. The molecule has 2 nitrogen and oxygen atoms in total. The molecule has 0 radical (unpaired) electrons. The van der Waals surface area contributed by atoms with Gasteiger partial charge in [-0.1, -0.05) is 30.7 Å². The zero-order valence-electron chi connectivity index (χ0n) is 11.2. The van der Waals surface area contributed by atoms with E-state index < -0.39 is 0 Å². The Morgan fingerprint density at radius 2 is 2.22 bits per heavy atom. The van der Waals surface area contributed by atoms with Gasteiger partial charge in [0.1, 0.15) is 0 Å². The van der Waals surface area contributed by atoms with E-state index in [2.05, 4.69) is 24.4 Å². The molecule has 100 valence electrons. The lowest BCUT2D eigenvalue weighted by molar-refractivity contribution is 0.434. The first-order valence-corrected chi connectivity index (χ1v) is 7.20. The molecule has 1 fully saturated rings. The van der Waals surface area contributed by atoms with Crippen molar-refractivity contribution in [2.45, 2.75) is 45.2 Å². The smallest absolute Gasteiger partial charge is 0.0447 e. The number of rotatable bonds is 4. The monoisotopic (exact) mass is 266 g/mol. The van der Waals surface area contributed by atoms with E-state index in [9.17, 15) is 0 Å². The Morgan fingerprint density at radius 1 is 1.44 bits per heavy atom. The molecule has 0 aliphatic heterocycles. The van der Waals surface area contributed by atoms with Gasteiger partial charge in [0.05, 0.1) is 0 Å². The third-order valence-electron chi connectivity index (χ3n) is 3.97. The molecule has 0 bridgehead atoms. The Balaban J connectivity index is 2.05. The third kappa shape index (κ3) is 3.25. The van der Waals surface area contributed by atoms with Gasteiger partial charge in [-0.25, -0.2) is 0 Å². The highest BCUT2D eigenvalue weighted by Gasteiger charge is 2.23. The summed E-state index contributed by atoms with van der Waals surface area (Å²) >= 11 is 6.19.